The highest BCUT2D eigenvalue weighted by molar-refractivity contribution is 7.99. The average molecular weight is 484 g/mol. The van der Waals surface area contributed by atoms with Crippen LogP contribution in [0.5, 0.6) is 0 Å². The average Bonchev–Trinajstić information content (AvgIpc) is 3.25. The Morgan fingerprint density at radius 1 is 0.886 bits per heavy atom. The first kappa shape index (κ1) is 22.4. The molecule has 0 atom stereocenters. The number of aromatic amines is 1. The number of carbonyl (C=O) groups excluding carboxylic acids is 1. The van der Waals surface area contributed by atoms with Gasteiger partial charge in [0, 0.05) is 18.2 Å². The molecule has 5 aromatic rings. The lowest BCUT2D eigenvalue weighted by molar-refractivity contribution is -0.115. The fraction of sp³-hybridized carbons (Fsp3) is 0.0769. The zero-order valence-corrected chi connectivity index (χ0v) is 19.4. The molecule has 9 heteroatoms. The van der Waals surface area contributed by atoms with E-state index in [9.17, 15) is 14.4 Å². The van der Waals surface area contributed by atoms with Gasteiger partial charge in [0.05, 0.1) is 22.3 Å². The van der Waals surface area contributed by atoms with Gasteiger partial charge in [-0.2, -0.15) is 0 Å². The van der Waals surface area contributed by atoms with E-state index < -0.39 is 0 Å². The number of para-hydroxylation sites is 3. The Morgan fingerprint density at radius 3 is 2.29 bits per heavy atom. The maximum atomic E-state index is 13.2. The van der Waals surface area contributed by atoms with Gasteiger partial charge in [0.1, 0.15) is 5.82 Å². The fourth-order valence-corrected chi connectivity index (χ4v) is 4.64. The second kappa shape index (κ2) is 9.86. The minimum absolute atomic E-state index is 0.159. The number of H-pyrrole nitrogens is 1. The Morgan fingerprint density at radius 2 is 1.54 bits per heavy atom. The number of carbonyl (C=O) groups is 1. The summed E-state index contributed by atoms with van der Waals surface area (Å²) in [6.45, 7) is 0. The topological polar surface area (TPSA) is 102 Å². The van der Waals surface area contributed by atoms with E-state index >= 15 is 0 Å². The minimum atomic E-state index is -0.270. The Balaban J connectivity index is 1.32. The second-order valence-corrected chi connectivity index (χ2v) is 8.78. The molecule has 0 fully saturated rings. The van der Waals surface area contributed by atoms with E-state index in [1.807, 2.05) is 60.7 Å². The second-order valence-electron chi connectivity index (χ2n) is 7.71. The van der Waals surface area contributed by atoms with E-state index in [0.29, 0.717) is 39.0 Å². The van der Waals surface area contributed by atoms with Gasteiger partial charge >= 0.3 is 0 Å². The number of thioether (sulfide) groups is 1. The summed E-state index contributed by atoms with van der Waals surface area (Å²) in [5, 5.41) is 6.67. The van der Waals surface area contributed by atoms with Crippen molar-refractivity contribution in [3.63, 3.8) is 0 Å². The number of nitrogens with one attached hydrogen (secondary N) is 2. The third-order valence-corrected chi connectivity index (χ3v) is 6.27. The quantitative estimate of drug-likeness (QED) is 0.269. The molecule has 0 radical (unpaired) electrons. The molecule has 0 spiro atoms. The van der Waals surface area contributed by atoms with E-state index in [4.69, 9.17) is 0 Å². The first-order valence-corrected chi connectivity index (χ1v) is 12.0. The Bertz CT molecular complexity index is 1610. The number of amides is 1. The molecule has 0 aliphatic carbocycles. The highest BCUT2D eigenvalue weighted by atomic mass is 32.2. The van der Waals surface area contributed by atoms with Crippen molar-refractivity contribution in [2.75, 3.05) is 11.1 Å². The van der Waals surface area contributed by atoms with Gasteiger partial charge in [0.25, 0.3) is 11.1 Å². The molecule has 2 N–H and O–H groups in total. The number of hydrogen-bond donors (Lipinski definition) is 2. The molecule has 35 heavy (non-hydrogen) atoms. The SMILES string of the molecule is O=C(CCSc1nc2ccccc2c(=O)n1-c1ccccc1)Nc1cc(=O)n(-c2ccccc2)[nH]1. The van der Waals surface area contributed by atoms with E-state index in [2.05, 4.69) is 15.4 Å². The van der Waals surface area contributed by atoms with Crippen molar-refractivity contribution in [2.45, 2.75) is 11.6 Å². The van der Waals surface area contributed by atoms with Gasteiger partial charge < -0.3 is 5.32 Å². The van der Waals surface area contributed by atoms with E-state index in [1.165, 1.54) is 22.5 Å². The van der Waals surface area contributed by atoms with Gasteiger partial charge in [0.15, 0.2) is 5.16 Å². The standard InChI is InChI=1S/C26H21N5O3S/c32-23(28-22-17-24(33)31(29-22)19-11-5-2-6-12-19)15-16-35-26-27-21-14-8-7-13-20(21)25(34)30(26)18-9-3-1-4-10-18/h1-14,17,29H,15-16H2,(H,28,32). The van der Waals surface area contributed by atoms with Gasteiger partial charge in [-0.05, 0) is 36.4 Å². The summed E-state index contributed by atoms with van der Waals surface area (Å²) < 4.78 is 2.93. The predicted molar refractivity (Wildman–Crippen MR) is 138 cm³/mol. The molecule has 3 aromatic carbocycles. The van der Waals surface area contributed by atoms with Crippen molar-refractivity contribution in [2.24, 2.45) is 0 Å². The van der Waals surface area contributed by atoms with Crippen LogP contribution in [0.2, 0.25) is 0 Å². The molecule has 2 aromatic heterocycles. The van der Waals surface area contributed by atoms with Gasteiger partial charge in [-0.1, -0.05) is 60.3 Å². The van der Waals surface area contributed by atoms with Crippen molar-refractivity contribution in [3.05, 3.63) is 112 Å². The first-order chi connectivity index (χ1) is 17.1. The molecule has 174 valence electrons. The van der Waals surface area contributed by atoms with E-state index in [0.717, 1.165) is 0 Å². The van der Waals surface area contributed by atoms with Crippen LogP contribution in [0.25, 0.3) is 22.3 Å². The summed E-state index contributed by atoms with van der Waals surface area (Å²) in [6, 6.07) is 27.0. The van der Waals surface area contributed by atoms with Crippen LogP contribution in [-0.4, -0.2) is 31.0 Å². The maximum Gasteiger partial charge on any atom is 0.273 e. The largest absolute Gasteiger partial charge is 0.311 e. The van der Waals surface area contributed by atoms with Crippen LogP contribution in [0, 0.1) is 0 Å². The number of benzene rings is 3. The minimum Gasteiger partial charge on any atom is -0.311 e. The van der Waals surface area contributed by atoms with Gasteiger partial charge in [-0.3, -0.25) is 24.0 Å². The molecule has 0 saturated heterocycles. The van der Waals surface area contributed by atoms with E-state index in [1.54, 1.807) is 28.8 Å². The molecule has 0 unspecified atom stereocenters. The number of anilines is 1. The number of nitrogens with zero attached hydrogens (tertiary/aromatic N) is 3. The number of aromatic nitrogens is 4. The fourth-order valence-electron chi connectivity index (χ4n) is 3.69. The lowest BCUT2D eigenvalue weighted by Crippen LogP contribution is -2.22. The summed E-state index contributed by atoms with van der Waals surface area (Å²) in [5.41, 5.74) is 1.57. The summed E-state index contributed by atoms with van der Waals surface area (Å²) in [4.78, 5) is 42.7. The highest BCUT2D eigenvalue weighted by Gasteiger charge is 2.14. The van der Waals surface area contributed by atoms with Gasteiger partial charge in [-0.25, -0.2) is 9.67 Å². The molecular formula is C26H21N5O3S. The third-order valence-electron chi connectivity index (χ3n) is 5.33. The van der Waals surface area contributed by atoms with Gasteiger partial charge in [-0.15, -0.1) is 0 Å². The van der Waals surface area contributed by atoms with Crippen LogP contribution in [0.3, 0.4) is 0 Å². The van der Waals surface area contributed by atoms with Crippen LogP contribution in [0.15, 0.2) is 106 Å². The molecule has 0 aliphatic heterocycles. The molecule has 2 heterocycles. The van der Waals surface area contributed by atoms with Crippen molar-refractivity contribution in [1.82, 2.24) is 19.3 Å². The molecular weight excluding hydrogens is 462 g/mol. The van der Waals surface area contributed by atoms with Crippen molar-refractivity contribution in [1.29, 1.82) is 0 Å². The number of hydrogen-bond acceptors (Lipinski definition) is 5. The third kappa shape index (κ3) is 4.80. The highest BCUT2D eigenvalue weighted by Crippen LogP contribution is 2.22. The van der Waals surface area contributed by atoms with Crippen LogP contribution in [-0.2, 0) is 4.79 Å². The van der Waals surface area contributed by atoms with Crippen molar-refractivity contribution in [3.8, 4) is 11.4 Å². The normalized spacial score (nSPS) is 11.0. The summed E-state index contributed by atoms with van der Waals surface area (Å²) in [6.07, 6.45) is 0.167. The van der Waals surface area contributed by atoms with Crippen LogP contribution in [0.1, 0.15) is 6.42 Å². The lowest BCUT2D eigenvalue weighted by Gasteiger charge is -2.13. The summed E-state index contributed by atoms with van der Waals surface area (Å²) in [7, 11) is 0. The van der Waals surface area contributed by atoms with Crippen molar-refractivity contribution < 1.29 is 4.79 Å². The molecule has 1 amide bonds. The molecule has 5 rings (SSSR count). The molecule has 8 nitrogen and oxygen atoms in total. The monoisotopic (exact) mass is 483 g/mol. The maximum absolute atomic E-state index is 13.2. The Labute approximate surface area is 204 Å². The zero-order chi connectivity index (χ0) is 24.2. The van der Waals surface area contributed by atoms with Crippen molar-refractivity contribution >= 4 is 34.4 Å². The Hall–Kier alpha value is -4.37. The van der Waals surface area contributed by atoms with Gasteiger partial charge in [0.2, 0.25) is 5.91 Å². The summed E-state index contributed by atoms with van der Waals surface area (Å²) in [5.74, 6) is 0.458. The number of rotatable bonds is 7. The smallest absolute Gasteiger partial charge is 0.273 e. The van der Waals surface area contributed by atoms with Crippen LogP contribution < -0.4 is 16.4 Å². The molecule has 0 bridgehead atoms. The zero-order valence-electron chi connectivity index (χ0n) is 18.5. The van der Waals surface area contributed by atoms with E-state index in [-0.39, 0.29) is 23.4 Å². The van der Waals surface area contributed by atoms with Crippen LogP contribution in [0.4, 0.5) is 5.82 Å². The van der Waals surface area contributed by atoms with Crippen LogP contribution >= 0.6 is 11.8 Å². The first-order valence-electron chi connectivity index (χ1n) is 11.0. The summed E-state index contributed by atoms with van der Waals surface area (Å²) >= 11 is 1.33. The Kier molecular flexibility index (Phi) is 6.32. The predicted octanol–water partition coefficient (Wildman–Crippen LogP) is 3.99. The lowest BCUT2D eigenvalue weighted by atomic mass is 10.2. The molecule has 0 saturated carbocycles. The number of fused-ring (bicyclic) bond motifs is 1. The molecule has 0 aliphatic rings.